The van der Waals surface area contributed by atoms with Gasteiger partial charge >= 0.3 is 0 Å². The maximum absolute atomic E-state index is 12.7. The van der Waals surface area contributed by atoms with Crippen molar-refractivity contribution < 1.29 is 9.53 Å². The molecule has 0 saturated heterocycles. The molecule has 1 saturated carbocycles. The van der Waals surface area contributed by atoms with Gasteiger partial charge in [0.15, 0.2) is 5.96 Å². The Balaban J connectivity index is 1.99. The van der Waals surface area contributed by atoms with Crippen LogP contribution < -0.4 is 15.4 Å². The number of guanidine groups is 1. The summed E-state index contributed by atoms with van der Waals surface area (Å²) in [5.74, 6) is 1.71. The molecule has 0 aromatic heterocycles. The highest BCUT2D eigenvalue weighted by molar-refractivity contribution is 9.10. The lowest BCUT2D eigenvalue weighted by Crippen LogP contribution is -2.49. The van der Waals surface area contributed by atoms with E-state index in [9.17, 15) is 4.79 Å². The summed E-state index contributed by atoms with van der Waals surface area (Å²) in [6.07, 6.45) is 4.05. The van der Waals surface area contributed by atoms with Gasteiger partial charge in [-0.15, -0.1) is 0 Å². The molecular formula is C19H29BrN4O2. The van der Waals surface area contributed by atoms with Crippen LogP contribution in [0.3, 0.4) is 0 Å². The molecule has 1 aliphatic carbocycles. The molecule has 1 amide bonds. The third-order valence-corrected chi connectivity index (χ3v) is 5.42. The number of methoxy groups -OCH3 is 1. The molecule has 2 rings (SSSR count). The lowest BCUT2D eigenvalue weighted by molar-refractivity contribution is -0.138. The maximum Gasteiger partial charge on any atom is 0.230 e. The van der Waals surface area contributed by atoms with E-state index in [0.29, 0.717) is 19.0 Å². The molecule has 0 radical (unpaired) electrons. The first-order valence-corrected chi connectivity index (χ1v) is 9.70. The van der Waals surface area contributed by atoms with Crippen LogP contribution in [-0.2, 0) is 11.3 Å². The normalized spacial score (nSPS) is 16.3. The number of rotatable bonds is 6. The van der Waals surface area contributed by atoms with Crippen LogP contribution in [0, 0.1) is 5.41 Å². The van der Waals surface area contributed by atoms with Crippen LogP contribution in [0.25, 0.3) is 0 Å². The van der Waals surface area contributed by atoms with E-state index in [1.807, 2.05) is 32.3 Å². The van der Waals surface area contributed by atoms with Crippen LogP contribution in [0.2, 0.25) is 0 Å². The highest BCUT2D eigenvalue weighted by atomic mass is 79.9. The zero-order valence-corrected chi connectivity index (χ0v) is 17.6. The van der Waals surface area contributed by atoms with Crippen molar-refractivity contribution in [1.29, 1.82) is 0 Å². The first kappa shape index (κ1) is 20.6. The lowest BCUT2D eigenvalue weighted by Gasteiger charge is -2.31. The lowest BCUT2D eigenvalue weighted by atomic mass is 9.84. The molecule has 0 bridgehead atoms. The molecule has 1 aromatic rings. The molecule has 1 aliphatic rings. The predicted octanol–water partition coefficient (Wildman–Crippen LogP) is 2.77. The van der Waals surface area contributed by atoms with Crippen LogP contribution in [-0.4, -0.2) is 51.6 Å². The summed E-state index contributed by atoms with van der Waals surface area (Å²) in [5, 5.41) is 6.66. The van der Waals surface area contributed by atoms with Gasteiger partial charge in [0.2, 0.25) is 5.91 Å². The minimum atomic E-state index is -0.325. The zero-order chi connectivity index (χ0) is 19.2. The summed E-state index contributed by atoms with van der Waals surface area (Å²) in [7, 11) is 7.06. The first-order chi connectivity index (χ1) is 12.4. The quantitative estimate of drug-likeness (QED) is 0.544. The number of amides is 1. The Bertz CT molecular complexity index is 655. The number of nitrogens with zero attached hydrogens (tertiary/aromatic N) is 2. The van der Waals surface area contributed by atoms with Crippen LogP contribution >= 0.6 is 15.9 Å². The summed E-state index contributed by atoms with van der Waals surface area (Å²) in [5.41, 5.74) is 0.707. The highest BCUT2D eigenvalue weighted by Crippen LogP contribution is 2.38. The number of benzene rings is 1. The zero-order valence-electron chi connectivity index (χ0n) is 16.1. The van der Waals surface area contributed by atoms with Crippen molar-refractivity contribution in [3.63, 3.8) is 0 Å². The summed E-state index contributed by atoms with van der Waals surface area (Å²) < 4.78 is 6.41. The van der Waals surface area contributed by atoms with Gasteiger partial charge in [-0.05, 0) is 31.0 Å². The van der Waals surface area contributed by atoms with E-state index in [2.05, 4.69) is 31.6 Å². The highest BCUT2D eigenvalue weighted by Gasteiger charge is 2.42. The van der Waals surface area contributed by atoms with Crippen LogP contribution in [0.1, 0.15) is 31.2 Å². The molecule has 6 nitrogen and oxygen atoms in total. The number of aliphatic imine (C=N–C) groups is 1. The molecule has 0 unspecified atom stereocenters. The van der Waals surface area contributed by atoms with Gasteiger partial charge in [0.1, 0.15) is 5.75 Å². The molecular weight excluding hydrogens is 396 g/mol. The van der Waals surface area contributed by atoms with Gasteiger partial charge < -0.3 is 20.3 Å². The van der Waals surface area contributed by atoms with Crippen LogP contribution in [0.4, 0.5) is 0 Å². The topological polar surface area (TPSA) is 66.0 Å². The van der Waals surface area contributed by atoms with E-state index in [0.717, 1.165) is 41.5 Å². The van der Waals surface area contributed by atoms with E-state index in [-0.39, 0.29) is 11.3 Å². The first-order valence-electron chi connectivity index (χ1n) is 8.90. The second-order valence-corrected chi connectivity index (χ2v) is 7.84. The number of hydrogen-bond donors (Lipinski definition) is 2. The molecule has 0 spiro atoms. The largest absolute Gasteiger partial charge is 0.496 e. The third-order valence-electron chi connectivity index (χ3n) is 4.93. The summed E-state index contributed by atoms with van der Waals surface area (Å²) in [6, 6.07) is 5.90. The van der Waals surface area contributed by atoms with Crippen LogP contribution in [0.5, 0.6) is 5.75 Å². The van der Waals surface area contributed by atoms with Gasteiger partial charge in [0, 0.05) is 44.3 Å². The fourth-order valence-electron chi connectivity index (χ4n) is 3.53. The predicted molar refractivity (Wildman–Crippen MR) is 108 cm³/mol. The van der Waals surface area contributed by atoms with Gasteiger partial charge in [-0.25, -0.2) is 0 Å². The Kier molecular flexibility index (Phi) is 7.32. The maximum atomic E-state index is 12.7. The van der Waals surface area contributed by atoms with Crippen molar-refractivity contribution in [2.75, 3.05) is 34.8 Å². The molecule has 7 heteroatoms. The Hall–Kier alpha value is -1.76. The number of carbonyl (C=O) groups is 1. The molecule has 144 valence electrons. The Morgan fingerprint density at radius 3 is 2.58 bits per heavy atom. The molecule has 0 atom stereocenters. The second-order valence-electron chi connectivity index (χ2n) is 6.92. The van der Waals surface area contributed by atoms with Crippen molar-refractivity contribution in [2.45, 2.75) is 32.2 Å². The average molecular weight is 425 g/mol. The van der Waals surface area contributed by atoms with E-state index >= 15 is 0 Å². The van der Waals surface area contributed by atoms with Gasteiger partial charge in [-0.3, -0.25) is 9.79 Å². The molecule has 1 aromatic carbocycles. The van der Waals surface area contributed by atoms with Gasteiger partial charge in [-0.2, -0.15) is 0 Å². The van der Waals surface area contributed by atoms with Crippen molar-refractivity contribution >= 4 is 27.8 Å². The van der Waals surface area contributed by atoms with Crippen molar-refractivity contribution in [3.8, 4) is 5.75 Å². The van der Waals surface area contributed by atoms with E-state index in [1.165, 1.54) is 0 Å². The summed E-state index contributed by atoms with van der Waals surface area (Å²) in [6.45, 7) is 1.18. The monoisotopic (exact) mass is 424 g/mol. The fourth-order valence-corrected chi connectivity index (χ4v) is 3.94. The Morgan fingerprint density at radius 2 is 2.00 bits per heavy atom. The minimum Gasteiger partial charge on any atom is -0.496 e. The standard InChI is InChI=1S/C19H29BrN4O2/c1-21-18(22-12-14-11-15(20)7-8-16(14)26-4)23-13-19(9-5-6-10-19)17(25)24(2)3/h7-8,11H,5-6,9-10,12-13H2,1-4H3,(H2,21,22,23). The van der Waals surface area contributed by atoms with Crippen molar-refractivity contribution in [1.82, 2.24) is 15.5 Å². The molecule has 2 N–H and O–H groups in total. The molecule has 1 fully saturated rings. The number of carbonyl (C=O) groups excluding carboxylic acids is 1. The second kappa shape index (κ2) is 9.26. The van der Waals surface area contributed by atoms with E-state index < -0.39 is 0 Å². The van der Waals surface area contributed by atoms with Crippen LogP contribution in [0.15, 0.2) is 27.7 Å². The number of nitrogens with one attached hydrogen (secondary N) is 2. The summed E-state index contributed by atoms with van der Waals surface area (Å²) in [4.78, 5) is 18.7. The fraction of sp³-hybridized carbons (Fsp3) is 0.579. The van der Waals surface area contributed by atoms with Crippen molar-refractivity contribution in [2.24, 2.45) is 10.4 Å². The number of ether oxygens (including phenoxy) is 1. The van der Waals surface area contributed by atoms with Gasteiger partial charge in [0.25, 0.3) is 0 Å². The average Bonchev–Trinajstić information content (AvgIpc) is 3.11. The number of hydrogen-bond acceptors (Lipinski definition) is 3. The van der Waals surface area contributed by atoms with E-state index in [4.69, 9.17) is 4.74 Å². The molecule has 0 aliphatic heterocycles. The molecule has 0 heterocycles. The SMILES string of the molecule is CN=C(NCc1cc(Br)ccc1OC)NCC1(C(=O)N(C)C)CCCC1. The molecule has 26 heavy (non-hydrogen) atoms. The number of halogens is 1. The van der Waals surface area contributed by atoms with Gasteiger partial charge in [0.05, 0.1) is 12.5 Å². The minimum absolute atomic E-state index is 0.201. The smallest absolute Gasteiger partial charge is 0.230 e. The van der Waals surface area contributed by atoms with E-state index in [1.54, 1.807) is 19.1 Å². The third kappa shape index (κ3) is 4.90. The Morgan fingerprint density at radius 1 is 1.31 bits per heavy atom. The Labute approximate surface area is 164 Å². The van der Waals surface area contributed by atoms with Gasteiger partial charge in [-0.1, -0.05) is 28.8 Å². The van der Waals surface area contributed by atoms with Crippen molar-refractivity contribution in [3.05, 3.63) is 28.2 Å². The summed E-state index contributed by atoms with van der Waals surface area (Å²) >= 11 is 3.49.